The highest BCUT2D eigenvalue weighted by Crippen LogP contribution is 2.17. The Morgan fingerprint density at radius 2 is 2.29 bits per heavy atom. The van der Waals surface area contributed by atoms with Gasteiger partial charge in [0, 0.05) is 13.1 Å². The maximum absolute atomic E-state index is 9.15. The standard InChI is InChI=1S/C9H17N3O2/c1-3-14-9-11-7(2)8(6-13)12(9)5-4-10/h13H,3-6,10H2,1-2H3. The van der Waals surface area contributed by atoms with Gasteiger partial charge < -0.3 is 15.6 Å². The molecule has 14 heavy (non-hydrogen) atoms. The molecular formula is C9H17N3O2. The molecule has 80 valence electrons. The normalized spacial score (nSPS) is 10.6. The molecule has 0 saturated heterocycles. The number of aryl methyl sites for hydroxylation is 1. The molecule has 5 heteroatoms. The van der Waals surface area contributed by atoms with Crippen LogP contribution in [0.1, 0.15) is 18.3 Å². The van der Waals surface area contributed by atoms with E-state index in [0.29, 0.717) is 25.7 Å². The Hall–Kier alpha value is -1.07. The molecule has 0 aliphatic carbocycles. The molecule has 0 amide bonds. The molecule has 1 aromatic rings. The first kappa shape index (κ1) is 11.0. The third-order valence-corrected chi connectivity index (χ3v) is 2.01. The highest BCUT2D eigenvalue weighted by atomic mass is 16.5. The molecule has 1 aromatic heterocycles. The van der Waals surface area contributed by atoms with E-state index >= 15 is 0 Å². The van der Waals surface area contributed by atoms with E-state index in [9.17, 15) is 0 Å². The first-order valence-corrected chi connectivity index (χ1v) is 4.74. The Morgan fingerprint density at radius 1 is 1.57 bits per heavy atom. The molecule has 0 radical (unpaired) electrons. The second-order valence-corrected chi connectivity index (χ2v) is 2.96. The summed E-state index contributed by atoms with van der Waals surface area (Å²) in [5.41, 5.74) is 7.05. The molecule has 1 rings (SSSR count). The van der Waals surface area contributed by atoms with Crippen molar-refractivity contribution in [2.24, 2.45) is 5.73 Å². The van der Waals surface area contributed by atoms with Gasteiger partial charge in [-0.2, -0.15) is 0 Å². The molecule has 0 aliphatic heterocycles. The first-order valence-electron chi connectivity index (χ1n) is 4.74. The van der Waals surface area contributed by atoms with Crippen molar-refractivity contribution in [3.05, 3.63) is 11.4 Å². The zero-order chi connectivity index (χ0) is 10.6. The Bertz CT molecular complexity index is 296. The monoisotopic (exact) mass is 199 g/mol. The van der Waals surface area contributed by atoms with Gasteiger partial charge in [-0.1, -0.05) is 0 Å². The van der Waals surface area contributed by atoms with Crippen LogP contribution in [0, 0.1) is 6.92 Å². The van der Waals surface area contributed by atoms with E-state index in [-0.39, 0.29) is 6.61 Å². The number of nitrogens with two attached hydrogens (primary N) is 1. The lowest BCUT2D eigenvalue weighted by molar-refractivity contribution is 0.258. The summed E-state index contributed by atoms with van der Waals surface area (Å²) < 4.78 is 7.16. The third kappa shape index (κ3) is 2.05. The molecule has 0 spiro atoms. The second-order valence-electron chi connectivity index (χ2n) is 2.96. The number of nitrogens with zero attached hydrogens (tertiary/aromatic N) is 2. The maximum Gasteiger partial charge on any atom is 0.296 e. The minimum Gasteiger partial charge on any atom is -0.465 e. The topological polar surface area (TPSA) is 73.3 Å². The van der Waals surface area contributed by atoms with Crippen LogP contribution in [0.2, 0.25) is 0 Å². The number of ether oxygens (including phenoxy) is 1. The average molecular weight is 199 g/mol. The zero-order valence-electron chi connectivity index (χ0n) is 8.66. The highest BCUT2D eigenvalue weighted by molar-refractivity contribution is 5.18. The van der Waals surface area contributed by atoms with Crippen LogP contribution in [0.5, 0.6) is 6.01 Å². The zero-order valence-corrected chi connectivity index (χ0v) is 8.66. The van der Waals surface area contributed by atoms with Crippen molar-refractivity contribution in [1.29, 1.82) is 0 Å². The lowest BCUT2D eigenvalue weighted by atomic mass is 10.3. The van der Waals surface area contributed by atoms with Gasteiger partial charge in [-0.15, -0.1) is 0 Å². The summed E-state index contributed by atoms with van der Waals surface area (Å²) in [6.45, 7) is 5.39. The Kier molecular flexibility index (Phi) is 3.91. The number of hydrogen-bond acceptors (Lipinski definition) is 4. The summed E-state index contributed by atoms with van der Waals surface area (Å²) in [7, 11) is 0. The van der Waals surface area contributed by atoms with Crippen LogP contribution in [-0.2, 0) is 13.2 Å². The molecule has 0 atom stereocenters. The predicted molar refractivity (Wildman–Crippen MR) is 53.1 cm³/mol. The third-order valence-electron chi connectivity index (χ3n) is 2.01. The highest BCUT2D eigenvalue weighted by Gasteiger charge is 2.13. The Morgan fingerprint density at radius 3 is 2.79 bits per heavy atom. The van der Waals surface area contributed by atoms with E-state index in [1.165, 1.54) is 0 Å². The van der Waals surface area contributed by atoms with E-state index in [1.54, 1.807) is 0 Å². The number of aromatic nitrogens is 2. The fourth-order valence-corrected chi connectivity index (χ4v) is 1.38. The van der Waals surface area contributed by atoms with Gasteiger partial charge in [-0.25, -0.2) is 4.98 Å². The fourth-order valence-electron chi connectivity index (χ4n) is 1.38. The van der Waals surface area contributed by atoms with Gasteiger partial charge in [0.2, 0.25) is 0 Å². The van der Waals surface area contributed by atoms with Gasteiger partial charge in [0.25, 0.3) is 6.01 Å². The summed E-state index contributed by atoms with van der Waals surface area (Å²) in [4.78, 5) is 4.21. The summed E-state index contributed by atoms with van der Waals surface area (Å²) in [6.07, 6.45) is 0. The van der Waals surface area contributed by atoms with E-state index < -0.39 is 0 Å². The van der Waals surface area contributed by atoms with Gasteiger partial charge in [-0.05, 0) is 13.8 Å². The van der Waals surface area contributed by atoms with Crippen molar-refractivity contribution < 1.29 is 9.84 Å². The molecule has 0 aliphatic rings. The van der Waals surface area contributed by atoms with Gasteiger partial charge in [0.15, 0.2) is 0 Å². The number of aliphatic hydroxyl groups is 1. The average Bonchev–Trinajstić information content (AvgIpc) is 2.44. The smallest absolute Gasteiger partial charge is 0.296 e. The fraction of sp³-hybridized carbons (Fsp3) is 0.667. The van der Waals surface area contributed by atoms with Gasteiger partial charge in [0.1, 0.15) is 0 Å². The lowest BCUT2D eigenvalue weighted by Gasteiger charge is -2.08. The quantitative estimate of drug-likeness (QED) is 0.702. The van der Waals surface area contributed by atoms with Crippen LogP contribution in [-0.4, -0.2) is 27.8 Å². The van der Waals surface area contributed by atoms with Crippen LogP contribution in [0.15, 0.2) is 0 Å². The van der Waals surface area contributed by atoms with Crippen LogP contribution >= 0.6 is 0 Å². The SMILES string of the molecule is CCOc1nc(C)c(CO)n1CCN. The predicted octanol–water partition coefficient (Wildman–Crippen LogP) is 0.0412. The number of imidazole rings is 1. The van der Waals surface area contributed by atoms with Crippen molar-refractivity contribution in [3.8, 4) is 6.01 Å². The summed E-state index contributed by atoms with van der Waals surface area (Å²) in [5, 5.41) is 9.15. The van der Waals surface area contributed by atoms with E-state index in [0.717, 1.165) is 11.4 Å². The molecular weight excluding hydrogens is 182 g/mol. The van der Waals surface area contributed by atoms with Crippen LogP contribution < -0.4 is 10.5 Å². The minimum atomic E-state index is -0.0358. The molecule has 1 heterocycles. The first-order chi connectivity index (χ1) is 6.74. The summed E-state index contributed by atoms with van der Waals surface area (Å²) in [6, 6.07) is 0.541. The van der Waals surface area contributed by atoms with Crippen molar-refractivity contribution >= 4 is 0 Å². The van der Waals surface area contributed by atoms with Crippen LogP contribution in [0.3, 0.4) is 0 Å². The molecule has 0 bridgehead atoms. The number of aliphatic hydroxyl groups excluding tert-OH is 1. The molecule has 3 N–H and O–H groups in total. The lowest BCUT2D eigenvalue weighted by Crippen LogP contribution is -2.14. The van der Waals surface area contributed by atoms with Gasteiger partial charge in [-0.3, -0.25) is 4.57 Å². The number of rotatable bonds is 5. The summed E-state index contributed by atoms with van der Waals surface area (Å²) >= 11 is 0. The molecule has 0 unspecified atom stereocenters. The van der Waals surface area contributed by atoms with Crippen molar-refractivity contribution in [1.82, 2.24) is 9.55 Å². The molecule has 0 fully saturated rings. The van der Waals surface area contributed by atoms with E-state index in [1.807, 2.05) is 18.4 Å². The van der Waals surface area contributed by atoms with Crippen molar-refractivity contribution in [2.45, 2.75) is 27.0 Å². The van der Waals surface area contributed by atoms with Gasteiger partial charge in [0.05, 0.1) is 24.6 Å². The van der Waals surface area contributed by atoms with Crippen molar-refractivity contribution in [3.63, 3.8) is 0 Å². The molecule has 0 saturated carbocycles. The second kappa shape index (κ2) is 4.97. The van der Waals surface area contributed by atoms with Crippen LogP contribution in [0.4, 0.5) is 0 Å². The Labute approximate surface area is 83.5 Å². The van der Waals surface area contributed by atoms with Crippen LogP contribution in [0.25, 0.3) is 0 Å². The Balaban J connectivity index is 3.02. The summed E-state index contributed by atoms with van der Waals surface area (Å²) in [5.74, 6) is 0. The van der Waals surface area contributed by atoms with E-state index in [4.69, 9.17) is 15.6 Å². The minimum absolute atomic E-state index is 0.0358. The largest absolute Gasteiger partial charge is 0.465 e. The molecule has 0 aromatic carbocycles. The maximum atomic E-state index is 9.15. The molecule has 5 nitrogen and oxygen atoms in total. The van der Waals surface area contributed by atoms with Gasteiger partial charge >= 0.3 is 0 Å². The van der Waals surface area contributed by atoms with E-state index in [2.05, 4.69) is 4.98 Å². The van der Waals surface area contributed by atoms with Crippen molar-refractivity contribution in [2.75, 3.05) is 13.2 Å². The number of hydrogen-bond donors (Lipinski definition) is 2.